The molecule has 0 bridgehead atoms. The fourth-order valence-corrected chi connectivity index (χ4v) is 1.43. The lowest BCUT2D eigenvalue weighted by atomic mass is 9.97. The molecule has 13 heavy (non-hydrogen) atoms. The van der Waals surface area contributed by atoms with E-state index in [0.29, 0.717) is 0 Å². The van der Waals surface area contributed by atoms with Crippen molar-refractivity contribution in [2.24, 2.45) is 5.92 Å². The van der Waals surface area contributed by atoms with Crippen molar-refractivity contribution in [2.75, 3.05) is 27.2 Å². The molecule has 5 heteroatoms. The molecule has 0 radical (unpaired) electrons. The maximum absolute atomic E-state index is 11.4. The number of nitrogens with one attached hydrogen (secondary N) is 1. The third kappa shape index (κ3) is 4.69. The van der Waals surface area contributed by atoms with Gasteiger partial charge >= 0.3 is 0 Å². The van der Waals surface area contributed by atoms with Gasteiger partial charge in [0.15, 0.2) is 0 Å². The van der Waals surface area contributed by atoms with Gasteiger partial charge in [-0.15, -0.1) is 24.8 Å². The maximum atomic E-state index is 11.4. The van der Waals surface area contributed by atoms with E-state index in [1.165, 1.54) is 0 Å². The summed E-state index contributed by atoms with van der Waals surface area (Å²) in [6, 6.07) is 0. The van der Waals surface area contributed by atoms with Gasteiger partial charge in [-0.1, -0.05) is 0 Å². The minimum atomic E-state index is 0. The zero-order chi connectivity index (χ0) is 8.27. The van der Waals surface area contributed by atoms with E-state index >= 15 is 0 Å². The Morgan fingerprint density at radius 2 is 1.69 bits per heavy atom. The molecule has 1 saturated heterocycles. The second-order valence-electron chi connectivity index (χ2n) is 3.26. The summed E-state index contributed by atoms with van der Waals surface area (Å²) in [6.07, 6.45) is 1.99. The van der Waals surface area contributed by atoms with E-state index in [0.717, 1.165) is 25.9 Å². The number of rotatable bonds is 1. The molecule has 0 aromatic carbocycles. The Morgan fingerprint density at radius 3 is 2.08 bits per heavy atom. The van der Waals surface area contributed by atoms with Crippen molar-refractivity contribution in [3.05, 3.63) is 0 Å². The molecule has 1 heterocycles. The summed E-state index contributed by atoms with van der Waals surface area (Å²) in [4.78, 5) is 13.1. The van der Waals surface area contributed by atoms with Crippen LogP contribution in [-0.4, -0.2) is 38.0 Å². The summed E-state index contributed by atoms with van der Waals surface area (Å²) >= 11 is 0. The van der Waals surface area contributed by atoms with E-state index in [-0.39, 0.29) is 36.6 Å². The molecule has 1 fully saturated rings. The predicted octanol–water partition coefficient (Wildman–Crippen LogP) is 0.918. The van der Waals surface area contributed by atoms with Crippen molar-refractivity contribution in [3.63, 3.8) is 0 Å². The number of halogens is 2. The standard InChI is InChI=1S/C8H16N2O.2ClH/c1-10(2)8(11)7-3-5-9-6-4-7;;/h7,9H,3-6H2,1-2H3;2*1H. The highest BCUT2D eigenvalue weighted by molar-refractivity contribution is 5.85. The van der Waals surface area contributed by atoms with Crippen LogP contribution in [0.5, 0.6) is 0 Å². The summed E-state index contributed by atoms with van der Waals surface area (Å²) in [6.45, 7) is 1.98. The molecule has 1 amide bonds. The van der Waals surface area contributed by atoms with Crippen LogP contribution in [-0.2, 0) is 4.79 Å². The average Bonchev–Trinajstić information content (AvgIpc) is 2.05. The minimum absolute atomic E-state index is 0. The molecule has 0 atom stereocenters. The summed E-state index contributed by atoms with van der Waals surface area (Å²) < 4.78 is 0. The fourth-order valence-electron chi connectivity index (χ4n) is 1.43. The van der Waals surface area contributed by atoms with E-state index in [2.05, 4.69) is 5.32 Å². The number of nitrogens with zero attached hydrogens (tertiary/aromatic N) is 1. The van der Waals surface area contributed by atoms with E-state index < -0.39 is 0 Å². The molecular formula is C8H18Cl2N2O. The van der Waals surface area contributed by atoms with Gasteiger partial charge in [-0.2, -0.15) is 0 Å². The molecule has 0 aromatic rings. The van der Waals surface area contributed by atoms with Gasteiger partial charge in [0.05, 0.1) is 0 Å². The molecule has 0 saturated carbocycles. The Kier molecular flexibility index (Phi) is 8.83. The van der Waals surface area contributed by atoms with Crippen molar-refractivity contribution >= 4 is 30.7 Å². The lowest BCUT2D eigenvalue weighted by Crippen LogP contribution is -2.37. The van der Waals surface area contributed by atoms with Gasteiger partial charge in [0.1, 0.15) is 0 Å². The lowest BCUT2D eigenvalue weighted by Gasteiger charge is -2.24. The molecule has 0 aromatic heterocycles. The van der Waals surface area contributed by atoms with Crippen LogP contribution in [0, 0.1) is 5.92 Å². The Morgan fingerprint density at radius 1 is 1.23 bits per heavy atom. The lowest BCUT2D eigenvalue weighted by molar-refractivity contribution is -0.133. The largest absolute Gasteiger partial charge is 0.349 e. The normalized spacial score (nSPS) is 16.8. The van der Waals surface area contributed by atoms with Crippen molar-refractivity contribution in [1.82, 2.24) is 10.2 Å². The summed E-state index contributed by atoms with van der Waals surface area (Å²) in [5.41, 5.74) is 0. The third-order valence-corrected chi connectivity index (χ3v) is 2.13. The predicted molar refractivity (Wildman–Crippen MR) is 58.8 cm³/mol. The zero-order valence-corrected chi connectivity index (χ0v) is 9.71. The first-order valence-electron chi connectivity index (χ1n) is 4.13. The van der Waals surface area contributed by atoms with Crippen molar-refractivity contribution in [3.8, 4) is 0 Å². The number of carbonyl (C=O) groups is 1. The van der Waals surface area contributed by atoms with Gasteiger partial charge < -0.3 is 10.2 Å². The summed E-state index contributed by atoms with van der Waals surface area (Å²) in [5.74, 6) is 0.553. The molecule has 1 rings (SSSR count). The van der Waals surface area contributed by atoms with Crippen LogP contribution < -0.4 is 5.32 Å². The van der Waals surface area contributed by atoms with Crippen LogP contribution in [0.4, 0.5) is 0 Å². The first-order valence-corrected chi connectivity index (χ1v) is 4.13. The highest BCUT2D eigenvalue weighted by atomic mass is 35.5. The monoisotopic (exact) mass is 228 g/mol. The zero-order valence-electron chi connectivity index (χ0n) is 8.08. The van der Waals surface area contributed by atoms with Crippen molar-refractivity contribution < 1.29 is 4.79 Å². The Hall–Kier alpha value is 0.01000. The quantitative estimate of drug-likeness (QED) is 0.725. The highest BCUT2D eigenvalue weighted by Gasteiger charge is 2.21. The number of carbonyl (C=O) groups excluding carboxylic acids is 1. The topological polar surface area (TPSA) is 32.3 Å². The number of amides is 1. The SMILES string of the molecule is CN(C)C(=O)C1CCNCC1.Cl.Cl. The van der Waals surface area contributed by atoms with E-state index in [4.69, 9.17) is 0 Å². The fraction of sp³-hybridized carbons (Fsp3) is 0.875. The van der Waals surface area contributed by atoms with Crippen LogP contribution in [0.15, 0.2) is 0 Å². The van der Waals surface area contributed by atoms with Crippen LogP contribution in [0.2, 0.25) is 0 Å². The Labute approximate surface area is 92.1 Å². The highest BCUT2D eigenvalue weighted by Crippen LogP contribution is 2.13. The number of hydrogen-bond acceptors (Lipinski definition) is 2. The number of hydrogen-bond donors (Lipinski definition) is 1. The molecule has 1 aliphatic rings. The van der Waals surface area contributed by atoms with Gasteiger partial charge in [-0.3, -0.25) is 4.79 Å². The van der Waals surface area contributed by atoms with Crippen LogP contribution in [0.25, 0.3) is 0 Å². The van der Waals surface area contributed by atoms with Gasteiger partial charge in [0.25, 0.3) is 0 Å². The van der Waals surface area contributed by atoms with E-state index in [1.807, 2.05) is 14.1 Å². The molecule has 1 N–H and O–H groups in total. The minimum Gasteiger partial charge on any atom is -0.349 e. The van der Waals surface area contributed by atoms with Crippen LogP contribution in [0.3, 0.4) is 0 Å². The average molecular weight is 229 g/mol. The molecule has 3 nitrogen and oxygen atoms in total. The van der Waals surface area contributed by atoms with Crippen LogP contribution >= 0.6 is 24.8 Å². The second kappa shape index (κ2) is 7.42. The Balaban J connectivity index is 0. The Bertz CT molecular complexity index is 147. The molecule has 1 aliphatic heterocycles. The second-order valence-corrected chi connectivity index (χ2v) is 3.26. The van der Waals surface area contributed by atoms with E-state index in [9.17, 15) is 4.79 Å². The summed E-state index contributed by atoms with van der Waals surface area (Å²) in [7, 11) is 3.65. The molecule has 0 unspecified atom stereocenters. The molecular weight excluding hydrogens is 211 g/mol. The molecule has 0 aliphatic carbocycles. The van der Waals surface area contributed by atoms with Gasteiger partial charge in [-0.05, 0) is 25.9 Å². The van der Waals surface area contributed by atoms with Gasteiger partial charge in [-0.25, -0.2) is 0 Å². The van der Waals surface area contributed by atoms with Gasteiger partial charge in [0, 0.05) is 20.0 Å². The van der Waals surface area contributed by atoms with Crippen LogP contribution in [0.1, 0.15) is 12.8 Å². The number of piperidine rings is 1. The summed E-state index contributed by atoms with van der Waals surface area (Å²) in [5, 5.41) is 3.24. The molecule has 0 spiro atoms. The first kappa shape index (κ1) is 15.5. The maximum Gasteiger partial charge on any atom is 0.225 e. The van der Waals surface area contributed by atoms with Crippen molar-refractivity contribution in [1.29, 1.82) is 0 Å². The first-order chi connectivity index (χ1) is 5.22. The van der Waals surface area contributed by atoms with E-state index in [1.54, 1.807) is 4.90 Å². The van der Waals surface area contributed by atoms with Crippen molar-refractivity contribution in [2.45, 2.75) is 12.8 Å². The van der Waals surface area contributed by atoms with Gasteiger partial charge in [0.2, 0.25) is 5.91 Å². The third-order valence-electron chi connectivity index (χ3n) is 2.13. The molecule has 80 valence electrons. The smallest absolute Gasteiger partial charge is 0.225 e.